The number of aromatic nitrogens is 4. The quantitative estimate of drug-likeness (QED) is 0.610. The summed E-state index contributed by atoms with van der Waals surface area (Å²) in [5.74, 6) is 0.892. The highest BCUT2D eigenvalue weighted by Gasteiger charge is 2.07. The molecule has 2 N–H and O–H groups in total. The van der Waals surface area contributed by atoms with Gasteiger partial charge >= 0.3 is 0 Å². The molecule has 114 valence electrons. The van der Waals surface area contributed by atoms with E-state index in [1.165, 1.54) is 26.9 Å². The molecule has 0 bridgehead atoms. The first-order chi connectivity index (χ1) is 11.2. The van der Waals surface area contributed by atoms with E-state index in [2.05, 4.69) is 44.6 Å². The Balaban J connectivity index is 1.66. The van der Waals surface area contributed by atoms with Crippen molar-refractivity contribution in [3.05, 3.63) is 70.1 Å². The summed E-state index contributed by atoms with van der Waals surface area (Å²) in [6.07, 6.45) is 0. The number of hydrogen-bond acceptors (Lipinski definition) is 4. The lowest BCUT2D eigenvalue weighted by molar-refractivity contribution is 0.886. The van der Waals surface area contributed by atoms with Crippen molar-refractivity contribution >= 4 is 22.5 Å². The second kappa shape index (κ2) is 5.24. The molecule has 23 heavy (non-hydrogen) atoms. The van der Waals surface area contributed by atoms with Gasteiger partial charge in [-0.15, -0.1) is 0 Å². The summed E-state index contributed by atoms with van der Waals surface area (Å²) in [5, 5.41) is 8.55. The summed E-state index contributed by atoms with van der Waals surface area (Å²) >= 11 is 0. The molecule has 0 aliphatic carbocycles. The number of rotatable bonds is 3. The largest absolute Gasteiger partial charge is 0.350 e. The molecule has 0 atom stereocenters. The van der Waals surface area contributed by atoms with E-state index in [-0.39, 0.29) is 5.56 Å². The topological polar surface area (TPSA) is 75.1 Å². The van der Waals surface area contributed by atoms with Gasteiger partial charge in [-0.3, -0.25) is 9.89 Å². The maximum atomic E-state index is 11.9. The number of anilines is 1. The van der Waals surface area contributed by atoms with Crippen molar-refractivity contribution in [1.29, 1.82) is 0 Å². The van der Waals surface area contributed by atoms with Crippen LogP contribution in [0.2, 0.25) is 0 Å². The van der Waals surface area contributed by atoms with E-state index < -0.39 is 0 Å². The van der Waals surface area contributed by atoms with E-state index in [0.29, 0.717) is 24.0 Å². The van der Waals surface area contributed by atoms with Crippen LogP contribution in [0.5, 0.6) is 0 Å². The second-order valence-electron chi connectivity index (χ2n) is 5.44. The zero-order valence-corrected chi connectivity index (χ0v) is 12.6. The zero-order valence-electron chi connectivity index (χ0n) is 12.6. The van der Waals surface area contributed by atoms with Crippen LogP contribution in [0.1, 0.15) is 11.3 Å². The molecule has 0 aliphatic rings. The Morgan fingerprint density at radius 2 is 1.96 bits per heavy atom. The van der Waals surface area contributed by atoms with Gasteiger partial charge < -0.3 is 5.32 Å². The Kier molecular flexibility index (Phi) is 3.08. The summed E-state index contributed by atoms with van der Waals surface area (Å²) in [6, 6.07) is 15.9. The van der Waals surface area contributed by atoms with Crippen LogP contribution < -0.4 is 10.9 Å². The molecule has 0 saturated heterocycles. The average Bonchev–Trinajstić information content (AvgIpc) is 2.96. The van der Waals surface area contributed by atoms with Crippen molar-refractivity contribution in [1.82, 2.24) is 19.6 Å². The van der Waals surface area contributed by atoms with Crippen LogP contribution in [-0.2, 0) is 6.54 Å². The molecule has 0 aliphatic heterocycles. The minimum absolute atomic E-state index is 0.168. The third-order valence-corrected chi connectivity index (χ3v) is 3.78. The lowest BCUT2D eigenvalue weighted by atomic mass is 10.0. The van der Waals surface area contributed by atoms with Gasteiger partial charge in [0.05, 0.1) is 0 Å². The van der Waals surface area contributed by atoms with Crippen molar-refractivity contribution < 1.29 is 0 Å². The molecule has 0 spiro atoms. The van der Waals surface area contributed by atoms with Crippen LogP contribution >= 0.6 is 0 Å². The average molecular weight is 305 g/mol. The molecule has 2 aromatic heterocycles. The Labute approximate surface area is 131 Å². The van der Waals surface area contributed by atoms with E-state index >= 15 is 0 Å². The normalized spacial score (nSPS) is 11.2. The maximum absolute atomic E-state index is 11.9. The maximum Gasteiger partial charge on any atom is 0.274 e. The number of nitrogens with one attached hydrogen (secondary N) is 2. The highest BCUT2D eigenvalue weighted by Crippen LogP contribution is 2.19. The van der Waals surface area contributed by atoms with Crippen LogP contribution in [0.4, 0.5) is 5.95 Å². The van der Waals surface area contributed by atoms with Gasteiger partial charge in [0.25, 0.3) is 11.3 Å². The third-order valence-electron chi connectivity index (χ3n) is 3.78. The van der Waals surface area contributed by atoms with E-state index in [4.69, 9.17) is 0 Å². The first-order valence-electron chi connectivity index (χ1n) is 7.38. The molecule has 0 radical (unpaired) electrons. The van der Waals surface area contributed by atoms with E-state index in [1.807, 2.05) is 18.2 Å². The van der Waals surface area contributed by atoms with Gasteiger partial charge in [0.2, 0.25) is 5.95 Å². The molecule has 2 heterocycles. The number of aryl methyl sites for hydroxylation is 1. The predicted octanol–water partition coefficient (Wildman–Crippen LogP) is 2.49. The monoisotopic (exact) mass is 305 g/mol. The van der Waals surface area contributed by atoms with Gasteiger partial charge in [0.15, 0.2) is 0 Å². The number of H-pyrrole nitrogens is 1. The number of benzene rings is 2. The Morgan fingerprint density at radius 3 is 2.87 bits per heavy atom. The summed E-state index contributed by atoms with van der Waals surface area (Å²) in [4.78, 5) is 20.4. The minimum atomic E-state index is -0.168. The standard InChI is InChI=1S/C17H15N5O/c1-11-9-15(23)22-17(19-11)20-16(21-22)18-10-13-7-4-6-12-5-2-3-8-14(12)13/h2-9H,10H2,1H3,(H2,18,19,20,21). The molecule has 0 fully saturated rings. The van der Waals surface area contributed by atoms with E-state index in [9.17, 15) is 4.79 Å². The van der Waals surface area contributed by atoms with Crippen molar-refractivity contribution in [3.8, 4) is 0 Å². The number of hydrogen-bond donors (Lipinski definition) is 2. The number of aromatic amines is 1. The molecule has 0 saturated carbocycles. The minimum Gasteiger partial charge on any atom is -0.350 e. The van der Waals surface area contributed by atoms with Crippen LogP contribution in [0.25, 0.3) is 16.6 Å². The molecular weight excluding hydrogens is 290 g/mol. The Hall–Kier alpha value is -3.15. The summed E-state index contributed by atoms with van der Waals surface area (Å²) < 4.78 is 1.33. The highest BCUT2D eigenvalue weighted by atomic mass is 16.1. The zero-order chi connectivity index (χ0) is 15.8. The van der Waals surface area contributed by atoms with Crippen LogP contribution in [0.15, 0.2) is 53.3 Å². The third kappa shape index (κ3) is 2.44. The first-order valence-corrected chi connectivity index (χ1v) is 7.38. The lowest BCUT2D eigenvalue weighted by Crippen LogP contribution is -2.14. The van der Waals surface area contributed by atoms with Crippen LogP contribution in [0, 0.1) is 6.92 Å². The van der Waals surface area contributed by atoms with Crippen molar-refractivity contribution in [2.24, 2.45) is 0 Å². The van der Waals surface area contributed by atoms with Gasteiger partial charge in [-0.1, -0.05) is 42.5 Å². The first kappa shape index (κ1) is 13.5. The molecule has 6 heteroatoms. The van der Waals surface area contributed by atoms with E-state index in [1.54, 1.807) is 6.92 Å². The van der Waals surface area contributed by atoms with Crippen molar-refractivity contribution in [3.63, 3.8) is 0 Å². The van der Waals surface area contributed by atoms with Crippen molar-refractivity contribution in [2.45, 2.75) is 13.5 Å². The second-order valence-corrected chi connectivity index (χ2v) is 5.44. The highest BCUT2D eigenvalue weighted by molar-refractivity contribution is 5.85. The fraction of sp³-hybridized carbons (Fsp3) is 0.118. The van der Waals surface area contributed by atoms with Crippen LogP contribution in [0.3, 0.4) is 0 Å². The number of nitrogens with zero attached hydrogens (tertiary/aromatic N) is 3. The molecular formula is C17H15N5O. The van der Waals surface area contributed by atoms with Crippen molar-refractivity contribution in [2.75, 3.05) is 5.32 Å². The predicted molar refractivity (Wildman–Crippen MR) is 89.6 cm³/mol. The summed E-state index contributed by atoms with van der Waals surface area (Å²) in [5.41, 5.74) is 1.65. The molecule has 0 amide bonds. The van der Waals surface area contributed by atoms with Gasteiger partial charge in [0, 0.05) is 18.3 Å². The smallest absolute Gasteiger partial charge is 0.274 e. The van der Waals surface area contributed by atoms with Gasteiger partial charge in [-0.05, 0) is 23.3 Å². The fourth-order valence-corrected chi connectivity index (χ4v) is 2.70. The Morgan fingerprint density at radius 1 is 1.13 bits per heavy atom. The SMILES string of the molecule is Cc1cc(=O)n2[nH]c(NCc3cccc4ccccc34)nc2n1. The van der Waals surface area contributed by atoms with Crippen LogP contribution in [-0.4, -0.2) is 19.6 Å². The summed E-state index contributed by atoms with van der Waals surface area (Å²) in [7, 11) is 0. The molecule has 4 aromatic rings. The fourth-order valence-electron chi connectivity index (χ4n) is 2.70. The Bertz CT molecular complexity index is 1060. The molecule has 6 nitrogen and oxygen atoms in total. The number of fused-ring (bicyclic) bond motifs is 2. The van der Waals surface area contributed by atoms with Gasteiger partial charge in [0.1, 0.15) is 0 Å². The lowest BCUT2D eigenvalue weighted by Gasteiger charge is -2.07. The molecule has 2 aromatic carbocycles. The molecule has 4 rings (SSSR count). The summed E-state index contributed by atoms with van der Waals surface area (Å²) in [6.45, 7) is 2.38. The van der Waals surface area contributed by atoms with Gasteiger partial charge in [-0.2, -0.15) is 9.50 Å². The molecule has 0 unspecified atom stereocenters. The van der Waals surface area contributed by atoms with Gasteiger partial charge in [-0.25, -0.2) is 4.98 Å². The van der Waals surface area contributed by atoms with E-state index in [0.717, 1.165) is 0 Å².